The van der Waals surface area contributed by atoms with E-state index in [0.29, 0.717) is 111 Å². The maximum Gasteiger partial charge on any atom is 0.329 e. The zero-order valence-electron chi connectivity index (χ0n) is 86.7. The van der Waals surface area contributed by atoms with E-state index in [-0.39, 0.29) is 92.3 Å². The molecule has 0 saturated carbocycles. The first-order valence-corrected chi connectivity index (χ1v) is 66.1. The Morgan fingerprint density at radius 2 is 0.864 bits per heavy atom. The lowest BCUT2D eigenvalue weighted by Crippen LogP contribution is -2.58. The van der Waals surface area contributed by atoms with E-state index >= 15 is 0 Å². The fraction of sp³-hybridized carbons (Fsp3) is 0.711. The van der Waals surface area contributed by atoms with Crippen molar-refractivity contribution in [1.29, 1.82) is 0 Å². The number of ether oxygens (including phenoxy) is 5. The average Bonchev–Trinajstić information content (AvgIpc) is 1.77. The smallest absolute Gasteiger partial charge is 0.329 e. The van der Waals surface area contributed by atoms with Gasteiger partial charge in [0.1, 0.15) is 79.0 Å². The summed E-state index contributed by atoms with van der Waals surface area (Å²) >= 11 is 7.80. The topological polar surface area (TPSA) is 546 Å². The van der Waals surface area contributed by atoms with Gasteiger partial charge in [-0.2, -0.15) is 58.8 Å². The third-order valence-electron chi connectivity index (χ3n) is 22.5. The Morgan fingerprint density at radius 3 is 1.24 bits per heavy atom. The number of unbranched alkanes of at least 4 members (excludes halogenated alkanes) is 1. The van der Waals surface area contributed by atoms with Gasteiger partial charge in [-0.15, -0.1) is 0 Å². The number of amides is 11. The van der Waals surface area contributed by atoms with Crippen LogP contribution in [0.15, 0.2) is 60.8 Å². The van der Waals surface area contributed by atoms with E-state index in [9.17, 15) is 96.5 Å². The number of nitrogens with one attached hydrogen (secondary N) is 11. The van der Waals surface area contributed by atoms with E-state index in [1.54, 1.807) is 96.7 Å². The Balaban J connectivity index is 0.000000636. The number of allylic oxidation sites excluding steroid dienone is 7. The van der Waals surface area contributed by atoms with Gasteiger partial charge in [0.15, 0.2) is 0 Å². The summed E-state index contributed by atoms with van der Waals surface area (Å²) < 4.78 is 27.6. The number of hydrogen-bond acceptors (Lipinski definition) is 37. The van der Waals surface area contributed by atoms with Gasteiger partial charge in [0.05, 0.1) is 70.1 Å². The number of carboxylic acids is 2. The SMILES string of the molecule is CCC(C)[C@H]1NC(=O)[C@H]2CSSCC/C=C/[C@H](CC(=O)N[C@H](CCSC)C(=O)N2)OC(=O)C[C@@H]1OC(C)=O.CCC(C)[C@H]1NC(=O)[C@H]2CSSCC/C=C/[C@H](CC(=O)N[C@H](CCSC)C(=O)N2)OC(=O)C[C@@H]1OCCC=O.CCC/C=C/C(O)CC(=O)N[C@@H](CCSC)C(=O)O.COC(=O)[C@H]1CSSCC/C=C/C(C)CC(=O)N[C@H](CCSC)C(=O)N1.CSCC[C@H]1NC(=O)CC(C)/C=C/CCSSC[C@H](C(=O)O)NC1=O. The van der Waals surface area contributed by atoms with Crippen LogP contribution in [0.3, 0.4) is 0 Å². The summed E-state index contributed by atoms with van der Waals surface area (Å²) in [6, 6.07) is -8.64. The second-order valence-corrected chi connectivity index (χ2v) is 50.3. The van der Waals surface area contributed by atoms with E-state index < -0.39 is 180 Å². The number of carboxylic acid groups (broad SMARTS) is 2. The summed E-state index contributed by atoms with van der Waals surface area (Å²) in [6.07, 6.45) is 33.0. The van der Waals surface area contributed by atoms with Crippen LogP contribution in [0.5, 0.6) is 0 Å². The number of aldehydes is 1. The Hall–Kier alpha value is -6.17. The van der Waals surface area contributed by atoms with Crippen molar-refractivity contribution < 1.29 is 125 Å². The molecule has 6 rings (SSSR count). The number of esters is 4. The number of thioether (sulfide) groups is 5. The number of aliphatic hydroxyl groups excluding tert-OH is 1. The van der Waals surface area contributed by atoms with Crippen LogP contribution in [-0.2, 0) is 110 Å². The van der Waals surface area contributed by atoms with Gasteiger partial charge in [-0.1, -0.05) is 203 Å². The minimum absolute atomic E-state index is 0.0795. The third kappa shape index (κ3) is 62.7. The first-order valence-electron chi connectivity index (χ1n) is 49.2. The molecular weight excluding hydrogens is 2150 g/mol. The van der Waals surface area contributed by atoms with E-state index in [1.807, 2.05) is 110 Å². The molecule has 6 aliphatic heterocycles. The lowest BCUT2D eigenvalue weighted by Gasteiger charge is -2.33. The van der Waals surface area contributed by atoms with Crippen molar-refractivity contribution in [3.8, 4) is 0 Å². The van der Waals surface area contributed by atoms with Crippen LogP contribution in [0.4, 0.5) is 0 Å². The molecular formula is C97H157N11O26S13. The highest BCUT2D eigenvalue weighted by Crippen LogP contribution is 2.31. The number of carbonyl (C=O) groups excluding carboxylic acids is 16. The van der Waals surface area contributed by atoms with Gasteiger partial charge in [-0.3, -0.25) is 67.1 Å². The quantitative estimate of drug-likeness (QED) is 0.00725. The van der Waals surface area contributed by atoms with Gasteiger partial charge in [0.25, 0.3) is 0 Å². The number of aliphatic hydroxyl groups is 1. The van der Waals surface area contributed by atoms with Crippen molar-refractivity contribution in [3.05, 3.63) is 60.8 Å². The maximum absolute atomic E-state index is 13.6. The normalized spacial score (nSPS) is 27.0. The zero-order chi connectivity index (χ0) is 109. The lowest BCUT2D eigenvalue weighted by atomic mass is 9.92. The molecule has 0 aliphatic carbocycles. The highest BCUT2D eigenvalue weighted by atomic mass is 33.1. The largest absolute Gasteiger partial charge is 0.480 e. The van der Waals surface area contributed by atoms with Gasteiger partial charge in [0.2, 0.25) is 65.0 Å². The lowest BCUT2D eigenvalue weighted by molar-refractivity contribution is -0.159. The molecule has 6 aliphatic rings. The van der Waals surface area contributed by atoms with Crippen LogP contribution in [-0.4, -0.2) is 339 Å². The van der Waals surface area contributed by atoms with Crippen LogP contribution >= 0.6 is 145 Å². The molecule has 147 heavy (non-hydrogen) atoms. The van der Waals surface area contributed by atoms with Crippen molar-refractivity contribution in [1.82, 2.24) is 58.5 Å². The number of methoxy groups -OCH3 is 1. The number of fused-ring (bicyclic) bond motifs is 14. The molecule has 4 bridgehead atoms. The Bertz CT molecular complexity index is 4180. The fourth-order valence-corrected chi connectivity index (χ4v) is 25.1. The highest BCUT2D eigenvalue weighted by Gasteiger charge is 2.40. The van der Waals surface area contributed by atoms with Gasteiger partial charge in [-0.05, 0) is 160 Å². The van der Waals surface area contributed by atoms with Crippen molar-refractivity contribution >= 4 is 252 Å². The molecule has 5 unspecified atom stereocenters. The molecule has 50 heteroatoms. The monoisotopic (exact) mass is 2310 g/mol. The van der Waals surface area contributed by atoms with Crippen molar-refractivity contribution in [3.63, 3.8) is 0 Å². The molecule has 6 heterocycles. The summed E-state index contributed by atoms with van der Waals surface area (Å²) in [6.45, 7) is 15.0. The number of aliphatic carboxylic acids is 2. The molecule has 2 fully saturated rings. The molecule has 0 radical (unpaired) electrons. The first kappa shape index (κ1) is 137. The molecule has 37 nitrogen and oxygen atoms in total. The van der Waals surface area contributed by atoms with Crippen molar-refractivity contribution in [2.75, 3.05) is 120 Å². The predicted molar refractivity (Wildman–Crippen MR) is 604 cm³/mol. The summed E-state index contributed by atoms with van der Waals surface area (Å²) in [5, 5.41) is 58.4. The van der Waals surface area contributed by atoms with Crippen LogP contribution in [0.25, 0.3) is 0 Å². The molecule has 20 atom stereocenters. The van der Waals surface area contributed by atoms with E-state index in [2.05, 4.69) is 70.6 Å². The summed E-state index contributed by atoms with van der Waals surface area (Å²) in [5.41, 5.74) is 0. The number of carbonyl (C=O) groups is 18. The summed E-state index contributed by atoms with van der Waals surface area (Å²) in [5.74, 6) is -0.666. The molecule has 0 aromatic rings. The molecule has 11 amide bonds. The van der Waals surface area contributed by atoms with Crippen LogP contribution < -0.4 is 58.5 Å². The number of hydrogen-bond donors (Lipinski definition) is 14. The van der Waals surface area contributed by atoms with Gasteiger partial charge in [-0.25, -0.2) is 14.4 Å². The molecule has 834 valence electrons. The van der Waals surface area contributed by atoms with Gasteiger partial charge >= 0.3 is 35.8 Å². The molecule has 14 N–H and O–H groups in total. The maximum atomic E-state index is 13.6. The third-order valence-corrected chi connectivity index (χ3v) is 35.5. The minimum Gasteiger partial charge on any atom is -0.480 e. The fourth-order valence-electron chi connectivity index (χ4n) is 14.1. The van der Waals surface area contributed by atoms with Crippen LogP contribution in [0.2, 0.25) is 0 Å². The van der Waals surface area contributed by atoms with Crippen LogP contribution in [0, 0.1) is 23.7 Å². The second kappa shape index (κ2) is 83.3. The first-order chi connectivity index (χ1) is 70.3. The zero-order valence-corrected chi connectivity index (χ0v) is 97.3. The van der Waals surface area contributed by atoms with Crippen molar-refractivity contribution in [2.24, 2.45) is 23.7 Å². The molecule has 0 aromatic heterocycles. The predicted octanol–water partition coefficient (Wildman–Crippen LogP) is 10.3. The standard InChI is InChI=1S/C26H41N3O7S3.C25H39N3O7S3.C17H28N2O4S3.C16H26N2O4S3.C13H23NO4S/c1-4-17(2)24-21(35-11-7-10-30)15-23(32)36-18-8-5-6-12-38-39-16-20(26(34)29-24)28-25(33)19(9-13-37-3)27-22(31)14-18;1-5-15(2)23-20(34-16(3)29)13-22(31)35-17-8-6-7-10-37-38-14-19(25(33)28-23)27-24(32)18(9-11-36-4)26-21(30)12-17;1-12-6-4-5-8-25-26-11-14(17(22)23-2)19-16(21)13(7-9-24-3)18-15(20)10-12;1-11-5-3-4-7-24-25-10-13(16(21)22)18-15(20)12(6-8-23-2)17-14(19)9-11;1-3-4-5-6-10(15)9-12(16)14-11(13(17)18)7-8-19-2/h5,8,10,17-21,24H,4,6-7,9,11-16H2,1-3H3,(H,27,31)(H,28,33)(H,29,34);6,8,15,17-20,23H,5,7,9-14H2,1-4H3,(H,26,30)(H,27,32)(H,28,33);4,6,12-14H,5,7-11H2,1-3H3,(H,18,20)(H,19,21);3,5,11-13H,4,6-10H2,1-2H3,(H,17,19)(H,18,20)(H,21,22);5-6,10-11,15H,3-4,7-9H2,1-2H3,(H,14,16)(H,17,18)/b8-5+;8-6+;6-4+;5-3+;6-5+/t17?,18-,19-,20-,21+,24-;15?,17-,18-,19-,20+,23-;12?,13-,14-;11?,12-,13-;10?,11-/m11110/s1. The van der Waals surface area contributed by atoms with Crippen molar-refractivity contribution in [2.45, 2.75) is 287 Å². The molecule has 0 spiro atoms. The van der Waals surface area contributed by atoms with E-state index in [0.717, 1.165) is 60.7 Å². The Labute approximate surface area is 919 Å². The highest BCUT2D eigenvalue weighted by molar-refractivity contribution is 8.77. The second-order valence-electron chi connectivity index (χ2n) is 34.8. The van der Waals surface area contributed by atoms with E-state index in [1.165, 1.54) is 80.7 Å². The number of rotatable bonds is 33. The average molecular weight is 2310 g/mol. The van der Waals surface area contributed by atoms with Gasteiger partial charge in [0, 0.05) is 72.2 Å². The Kier molecular flexibility index (Phi) is 77.6. The summed E-state index contributed by atoms with van der Waals surface area (Å²) in [4.78, 5) is 224. The molecule has 2 saturated heterocycles. The van der Waals surface area contributed by atoms with Gasteiger partial charge < -0.3 is 102 Å². The summed E-state index contributed by atoms with van der Waals surface area (Å²) in [7, 11) is 13.6. The van der Waals surface area contributed by atoms with E-state index in [4.69, 9.17) is 28.8 Å². The Morgan fingerprint density at radius 1 is 0.483 bits per heavy atom. The minimum atomic E-state index is -1.06. The molecule has 0 aromatic carbocycles. The van der Waals surface area contributed by atoms with Crippen LogP contribution in [0.1, 0.15) is 190 Å².